The van der Waals surface area contributed by atoms with E-state index in [1.807, 2.05) is 26.0 Å². The van der Waals surface area contributed by atoms with Gasteiger partial charge in [-0.1, -0.05) is 6.07 Å². The fourth-order valence-electron chi connectivity index (χ4n) is 2.13. The van der Waals surface area contributed by atoms with Crippen molar-refractivity contribution in [3.05, 3.63) is 29.3 Å². The number of hydrogen-bond donors (Lipinski definition) is 2. The van der Waals surface area contributed by atoms with Gasteiger partial charge in [0, 0.05) is 13.7 Å². The zero-order chi connectivity index (χ0) is 15.7. The van der Waals surface area contributed by atoms with E-state index in [1.54, 1.807) is 7.11 Å². The SMILES string of the molecule is COCC(CCO)NC(=O)CCOc1cc(C)cc(C)c1. The number of aliphatic hydroxyl groups excluding tert-OH is 1. The van der Waals surface area contributed by atoms with Crippen LogP contribution < -0.4 is 10.1 Å². The Kier molecular flexibility index (Phi) is 7.79. The first-order valence-corrected chi connectivity index (χ1v) is 7.15. The summed E-state index contributed by atoms with van der Waals surface area (Å²) in [6, 6.07) is 5.81. The van der Waals surface area contributed by atoms with Crippen molar-refractivity contribution >= 4 is 5.91 Å². The highest BCUT2D eigenvalue weighted by Crippen LogP contribution is 2.16. The number of amides is 1. The van der Waals surface area contributed by atoms with Gasteiger partial charge >= 0.3 is 0 Å². The Bertz CT molecular complexity index is 422. The Morgan fingerprint density at radius 3 is 2.52 bits per heavy atom. The normalized spacial score (nSPS) is 12.0. The van der Waals surface area contributed by atoms with Crippen LogP contribution in [0, 0.1) is 13.8 Å². The third-order valence-corrected chi connectivity index (χ3v) is 3.00. The average molecular weight is 295 g/mol. The van der Waals surface area contributed by atoms with Crippen LogP contribution in [-0.4, -0.2) is 44.0 Å². The molecule has 1 atom stereocenters. The van der Waals surface area contributed by atoms with E-state index in [2.05, 4.69) is 11.4 Å². The molecule has 1 aromatic carbocycles. The van der Waals surface area contributed by atoms with Crippen LogP contribution >= 0.6 is 0 Å². The molecule has 0 aliphatic carbocycles. The maximum atomic E-state index is 11.8. The summed E-state index contributed by atoms with van der Waals surface area (Å²) in [6.07, 6.45) is 0.760. The van der Waals surface area contributed by atoms with Crippen LogP contribution in [0.3, 0.4) is 0 Å². The van der Waals surface area contributed by atoms with E-state index in [1.165, 1.54) is 0 Å². The Labute approximate surface area is 126 Å². The van der Waals surface area contributed by atoms with Crippen LogP contribution in [0.5, 0.6) is 5.75 Å². The number of aliphatic hydroxyl groups is 1. The largest absolute Gasteiger partial charge is 0.493 e. The first-order chi connectivity index (χ1) is 10.0. The number of benzene rings is 1. The lowest BCUT2D eigenvalue weighted by Crippen LogP contribution is -2.39. The minimum atomic E-state index is -0.159. The van der Waals surface area contributed by atoms with Gasteiger partial charge in [0.15, 0.2) is 0 Å². The molecule has 2 N–H and O–H groups in total. The number of aryl methyl sites for hydroxylation is 2. The molecular weight excluding hydrogens is 270 g/mol. The fourth-order valence-corrected chi connectivity index (χ4v) is 2.13. The number of methoxy groups -OCH3 is 1. The standard InChI is InChI=1S/C16H25NO4/c1-12-8-13(2)10-15(9-12)21-7-5-16(19)17-14(4-6-18)11-20-3/h8-10,14,18H,4-7,11H2,1-3H3,(H,17,19). The lowest BCUT2D eigenvalue weighted by molar-refractivity contribution is -0.122. The third kappa shape index (κ3) is 7.11. The smallest absolute Gasteiger partial charge is 0.223 e. The molecule has 21 heavy (non-hydrogen) atoms. The van der Waals surface area contributed by atoms with E-state index in [0.717, 1.165) is 16.9 Å². The maximum Gasteiger partial charge on any atom is 0.223 e. The molecule has 0 aliphatic heterocycles. The topological polar surface area (TPSA) is 67.8 Å². The monoisotopic (exact) mass is 295 g/mol. The van der Waals surface area contributed by atoms with Crippen LogP contribution in [0.1, 0.15) is 24.0 Å². The molecule has 0 spiro atoms. The fraction of sp³-hybridized carbons (Fsp3) is 0.562. The summed E-state index contributed by atoms with van der Waals surface area (Å²) in [7, 11) is 1.57. The Morgan fingerprint density at radius 1 is 1.29 bits per heavy atom. The summed E-state index contributed by atoms with van der Waals surface area (Å²) < 4.78 is 10.6. The second-order valence-electron chi connectivity index (χ2n) is 5.15. The number of hydrogen-bond acceptors (Lipinski definition) is 4. The van der Waals surface area contributed by atoms with Gasteiger partial charge in [-0.2, -0.15) is 0 Å². The quantitative estimate of drug-likeness (QED) is 0.726. The predicted octanol–water partition coefficient (Wildman–Crippen LogP) is 1.59. The zero-order valence-corrected chi connectivity index (χ0v) is 13.0. The Morgan fingerprint density at radius 2 is 1.95 bits per heavy atom. The summed E-state index contributed by atoms with van der Waals surface area (Å²) in [5.41, 5.74) is 2.27. The van der Waals surface area contributed by atoms with Crippen LogP contribution in [0.25, 0.3) is 0 Å². The van der Waals surface area contributed by atoms with Crippen molar-refractivity contribution < 1.29 is 19.4 Å². The first kappa shape index (κ1) is 17.5. The molecule has 1 unspecified atom stereocenters. The zero-order valence-electron chi connectivity index (χ0n) is 13.0. The predicted molar refractivity (Wildman–Crippen MR) is 81.5 cm³/mol. The van der Waals surface area contributed by atoms with Crippen molar-refractivity contribution in [1.82, 2.24) is 5.32 Å². The highest BCUT2D eigenvalue weighted by molar-refractivity contribution is 5.76. The van der Waals surface area contributed by atoms with Crippen LogP contribution in [-0.2, 0) is 9.53 Å². The molecule has 1 rings (SSSR count). The lowest BCUT2D eigenvalue weighted by atomic mass is 10.1. The van der Waals surface area contributed by atoms with Gasteiger partial charge < -0.3 is 19.9 Å². The van der Waals surface area contributed by atoms with Gasteiger partial charge in [-0.05, 0) is 43.5 Å². The van der Waals surface area contributed by atoms with E-state index < -0.39 is 0 Å². The number of carbonyl (C=O) groups excluding carboxylic acids is 1. The highest BCUT2D eigenvalue weighted by Gasteiger charge is 2.11. The molecule has 0 saturated heterocycles. The van der Waals surface area contributed by atoms with Crippen molar-refractivity contribution in [2.24, 2.45) is 0 Å². The molecular formula is C16H25NO4. The minimum absolute atomic E-state index is 0.0212. The van der Waals surface area contributed by atoms with E-state index in [0.29, 0.717) is 19.6 Å². The second-order valence-corrected chi connectivity index (χ2v) is 5.15. The second kappa shape index (κ2) is 9.37. The minimum Gasteiger partial charge on any atom is -0.493 e. The molecule has 5 heteroatoms. The molecule has 0 radical (unpaired) electrons. The van der Waals surface area contributed by atoms with E-state index >= 15 is 0 Å². The van der Waals surface area contributed by atoms with Gasteiger partial charge in [0.1, 0.15) is 5.75 Å². The molecule has 1 amide bonds. The molecule has 0 heterocycles. The highest BCUT2D eigenvalue weighted by atomic mass is 16.5. The first-order valence-electron chi connectivity index (χ1n) is 7.15. The van der Waals surface area contributed by atoms with Gasteiger partial charge in [-0.15, -0.1) is 0 Å². The Hall–Kier alpha value is -1.59. The molecule has 5 nitrogen and oxygen atoms in total. The van der Waals surface area contributed by atoms with Crippen molar-refractivity contribution in [2.45, 2.75) is 32.7 Å². The molecule has 0 fully saturated rings. The summed E-state index contributed by atoms with van der Waals surface area (Å²) in [5, 5.41) is 11.7. The number of carbonyl (C=O) groups is 1. The van der Waals surface area contributed by atoms with Crippen molar-refractivity contribution in [1.29, 1.82) is 0 Å². The number of rotatable bonds is 9. The van der Waals surface area contributed by atoms with Gasteiger partial charge in [0.05, 0.1) is 25.7 Å². The molecule has 0 aliphatic rings. The average Bonchev–Trinajstić information content (AvgIpc) is 2.38. The van der Waals surface area contributed by atoms with Gasteiger partial charge in [-0.25, -0.2) is 0 Å². The van der Waals surface area contributed by atoms with Crippen LogP contribution in [0.2, 0.25) is 0 Å². The van der Waals surface area contributed by atoms with E-state index in [-0.39, 0.29) is 25.0 Å². The summed E-state index contributed by atoms with van der Waals surface area (Å²) in [4.78, 5) is 11.8. The van der Waals surface area contributed by atoms with E-state index in [4.69, 9.17) is 14.6 Å². The third-order valence-electron chi connectivity index (χ3n) is 3.00. The van der Waals surface area contributed by atoms with Crippen molar-refractivity contribution in [3.8, 4) is 5.75 Å². The van der Waals surface area contributed by atoms with Crippen LogP contribution in [0.15, 0.2) is 18.2 Å². The summed E-state index contributed by atoms with van der Waals surface area (Å²) in [5.74, 6) is 0.680. The van der Waals surface area contributed by atoms with Gasteiger partial charge in [-0.3, -0.25) is 4.79 Å². The Balaban J connectivity index is 2.35. The van der Waals surface area contributed by atoms with Gasteiger partial charge in [0.2, 0.25) is 5.91 Å². The molecule has 118 valence electrons. The van der Waals surface area contributed by atoms with Crippen LogP contribution in [0.4, 0.5) is 0 Å². The van der Waals surface area contributed by atoms with Gasteiger partial charge in [0.25, 0.3) is 0 Å². The van der Waals surface area contributed by atoms with E-state index in [9.17, 15) is 4.79 Å². The maximum absolute atomic E-state index is 11.8. The molecule has 0 aromatic heterocycles. The number of ether oxygens (including phenoxy) is 2. The summed E-state index contributed by atoms with van der Waals surface area (Å²) >= 11 is 0. The molecule has 1 aromatic rings. The molecule has 0 saturated carbocycles. The lowest BCUT2D eigenvalue weighted by Gasteiger charge is -2.17. The number of nitrogens with one attached hydrogen (secondary N) is 1. The van der Waals surface area contributed by atoms with Crippen molar-refractivity contribution in [2.75, 3.05) is 26.9 Å². The summed E-state index contributed by atoms with van der Waals surface area (Å²) in [6.45, 7) is 4.76. The molecule has 0 bridgehead atoms. The van der Waals surface area contributed by atoms with Crippen molar-refractivity contribution in [3.63, 3.8) is 0 Å².